The predicted molar refractivity (Wildman–Crippen MR) is 31.9 cm³/mol. The number of nitrogens with zero attached hydrogens (tertiary/aromatic N) is 1. The van der Waals surface area contributed by atoms with Gasteiger partial charge in [0.1, 0.15) is 0 Å². The first-order valence-electron chi connectivity index (χ1n) is 2.13. The van der Waals surface area contributed by atoms with Gasteiger partial charge in [-0.2, -0.15) is 5.26 Å². The molecule has 0 bridgehead atoms. The Hall–Kier alpha value is -0.160. The maximum absolute atomic E-state index is 8.09. The molecule has 0 aliphatic carbocycles. The first-order chi connectivity index (χ1) is 3.06. The van der Waals surface area contributed by atoms with Crippen molar-refractivity contribution < 1.29 is 0 Å². The molecule has 0 N–H and O–H groups in total. The maximum Gasteiger partial charge on any atom is 0.0636 e. The lowest BCUT2D eigenvalue weighted by molar-refractivity contribution is 0.741. The summed E-state index contributed by atoms with van der Waals surface area (Å²) < 4.78 is -0.227. The Kier molecular flexibility index (Phi) is 2.17. The predicted octanol–water partition coefficient (Wildman–Crippen LogP) is 1.88. The monoisotopic (exact) mass is 114 g/mol. The number of hydrogen-bond donors (Lipinski definition) is 0. The van der Waals surface area contributed by atoms with Crippen molar-refractivity contribution in [3.8, 4) is 6.07 Å². The Bertz CT molecular complexity index is 85.2. The van der Waals surface area contributed by atoms with Crippen molar-refractivity contribution in [2.75, 3.05) is 0 Å². The quantitative estimate of drug-likeness (QED) is 0.510. The van der Waals surface area contributed by atoms with Crippen LogP contribution in [0.1, 0.15) is 20.3 Å². The average Bonchev–Trinajstić information content (AvgIpc) is 1.30. The van der Waals surface area contributed by atoms with Crippen LogP contribution >= 0.6 is 12.6 Å². The lowest BCUT2D eigenvalue weighted by Gasteiger charge is -2.07. The Morgan fingerprint density at radius 3 is 2.14 bits per heavy atom. The minimum absolute atomic E-state index is 0.227. The molecular formula is C5H8NS. The van der Waals surface area contributed by atoms with Crippen molar-refractivity contribution in [3.63, 3.8) is 0 Å². The highest BCUT2D eigenvalue weighted by molar-refractivity contribution is 7.81. The minimum atomic E-state index is -0.227. The van der Waals surface area contributed by atoms with Gasteiger partial charge in [-0.25, -0.2) is 0 Å². The second kappa shape index (κ2) is 2.23. The van der Waals surface area contributed by atoms with Crippen molar-refractivity contribution in [1.29, 1.82) is 5.26 Å². The molecule has 0 atom stereocenters. The van der Waals surface area contributed by atoms with Crippen molar-refractivity contribution >= 4 is 12.6 Å². The molecule has 0 aliphatic rings. The van der Waals surface area contributed by atoms with Crippen molar-refractivity contribution in [2.24, 2.45) is 0 Å². The summed E-state index contributed by atoms with van der Waals surface area (Å²) in [6.07, 6.45) is 0.461. The highest BCUT2D eigenvalue weighted by Crippen LogP contribution is 2.14. The molecule has 0 heterocycles. The van der Waals surface area contributed by atoms with Crippen LogP contribution in [-0.2, 0) is 0 Å². The third-order valence-corrected chi connectivity index (χ3v) is 0.649. The zero-order valence-corrected chi connectivity index (χ0v) is 5.38. The van der Waals surface area contributed by atoms with E-state index >= 15 is 0 Å². The summed E-state index contributed by atoms with van der Waals surface area (Å²) >= 11 is 4.86. The lowest BCUT2D eigenvalue weighted by atomic mass is 10.1. The largest absolute Gasteiger partial charge is 0.198 e. The molecule has 0 fully saturated rings. The van der Waals surface area contributed by atoms with E-state index < -0.39 is 0 Å². The molecular weight excluding hydrogens is 106 g/mol. The van der Waals surface area contributed by atoms with Gasteiger partial charge in [0.15, 0.2) is 0 Å². The van der Waals surface area contributed by atoms with Crippen LogP contribution in [0.4, 0.5) is 0 Å². The second-order valence-electron chi connectivity index (χ2n) is 2.09. The Labute approximate surface area is 49.7 Å². The summed E-state index contributed by atoms with van der Waals surface area (Å²) in [6.45, 7) is 3.73. The lowest BCUT2D eigenvalue weighted by Crippen LogP contribution is -2.07. The van der Waals surface area contributed by atoms with E-state index in [2.05, 4.69) is 0 Å². The van der Waals surface area contributed by atoms with Crippen LogP contribution in [-0.4, -0.2) is 4.75 Å². The Morgan fingerprint density at radius 1 is 1.71 bits per heavy atom. The van der Waals surface area contributed by atoms with E-state index in [0.29, 0.717) is 6.42 Å². The summed E-state index contributed by atoms with van der Waals surface area (Å²) in [7, 11) is 0. The molecule has 0 spiro atoms. The van der Waals surface area contributed by atoms with Gasteiger partial charge in [-0.1, -0.05) is 12.6 Å². The summed E-state index contributed by atoms with van der Waals surface area (Å²) in [4.78, 5) is 0. The van der Waals surface area contributed by atoms with E-state index in [1.807, 2.05) is 19.9 Å². The van der Waals surface area contributed by atoms with Gasteiger partial charge in [0.2, 0.25) is 0 Å². The first kappa shape index (κ1) is 6.84. The van der Waals surface area contributed by atoms with Crippen LogP contribution < -0.4 is 0 Å². The Balaban J connectivity index is 3.40. The van der Waals surface area contributed by atoms with Crippen LogP contribution in [0.15, 0.2) is 0 Å². The molecule has 0 saturated carbocycles. The number of nitriles is 1. The van der Waals surface area contributed by atoms with E-state index in [1.54, 1.807) is 0 Å². The molecule has 0 saturated heterocycles. The topological polar surface area (TPSA) is 23.8 Å². The molecule has 7 heavy (non-hydrogen) atoms. The van der Waals surface area contributed by atoms with Gasteiger partial charge in [-0.15, -0.1) is 0 Å². The van der Waals surface area contributed by atoms with Gasteiger partial charge in [-0.05, 0) is 13.8 Å². The zero-order valence-electron chi connectivity index (χ0n) is 4.56. The molecule has 1 radical (unpaired) electrons. The maximum atomic E-state index is 8.09. The molecule has 0 amide bonds. The molecule has 39 valence electrons. The van der Waals surface area contributed by atoms with Crippen LogP contribution in [0.25, 0.3) is 0 Å². The number of hydrogen-bond acceptors (Lipinski definition) is 1. The van der Waals surface area contributed by atoms with E-state index in [9.17, 15) is 0 Å². The fraction of sp³-hybridized carbons (Fsp3) is 0.800. The van der Waals surface area contributed by atoms with Crippen LogP contribution in [0.5, 0.6) is 0 Å². The normalized spacial score (nSPS) is 10.6. The first-order valence-corrected chi connectivity index (χ1v) is 2.54. The summed E-state index contributed by atoms with van der Waals surface area (Å²) in [5.41, 5.74) is 0. The van der Waals surface area contributed by atoms with Gasteiger partial charge < -0.3 is 0 Å². The summed E-state index contributed by atoms with van der Waals surface area (Å²) in [5.74, 6) is 0. The summed E-state index contributed by atoms with van der Waals surface area (Å²) in [5, 5.41) is 8.09. The molecule has 0 rings (SSSR count). The van der Waals surface area contributed by atoms with Gasteiger partial charge in [0, 0.05) is 4.75 Å². The summed E-state index contributed by atoms with van der Waals surface area (Å²) in [6, 6.07) is 2.00. The van der Waals surface area contributed by atoms with Gasteiger partial charge in [-0.3, -0.25) is 0 Å². The molecule has 1 nitrogen and oxygen atoms in total. The number of rotatable bonds is 1. The van der Waals surface area contributed by atoms with Crippen molar-refractivity contribution in [1.82, 2.24) is 0 Å². The SMILES string of the molecule is CC(C)([S])CC#N. The van der Waals surface area contributed by atoms with E-state index in [-0.39, 0.29) is 4.75 Å². The molecule has 0 aromatic rings. The minimum Gasteiger partial charge on any atom is -0.198 e. The molecule has 0 aromatic heterocycles. The second-order valence-corrected chi connectivity index (χ2v) is 3.20. The standard InChI is InChI=1S/C5H8NS/c1-5(2,7)3-4-6/h3H2,1-2H3. The third-order valence-electron chi connectivity index (χ3n) is 0.505. The fourth-order valence-electron chi connectivity index (χ4n) is 0.190. The molecule has 0 aromatic carbocycles. The van der Waals surface area contributed by atoms with E-state index in [4.69, 9.17) is 17.9 Å². The van der Waals surface area contributed by atoms with Crippen molar-refractivity contribution in [2.45, 2.75) is 25.0 Å². The van der Waals surface area contributed by atoms with Gasteiger partial charge in [0.25, 0.3) is 0 Å². The smallest absolute Gasteiger partial charge is 0.0636 e. The highest BCUT2D eigenvalue weighted by Gasteiger charge is 2.09. The van der Waals surface area contributed by atoms with Crippen LogP contribution in [0.3, 0.4) is 0 Å². The van der Waals surface area contributed by atoms with E-state index in [0.717, 1.165) is 0 Å². The molecule has 0 unspecified atom stereocenters. The highest BCUT2D eigenvalue weighted by atomic mass is 32.1. The van der Waals surface area contributed by atoms with Crippen molar-refractivity contribution in [3.05, 3.63) is 0 Å². The Morgan fingerprint density at radius 2 is 2.14 bits per heavy atom. The fourth-order valence-corrected chi connectivity index (χ4v) is 0.255. The molecule has 0 aliphatic heterocycles. The molecule has 2 heteroatoms. The van der Waals surface area contributed by atoms with Gasteiger partial charge >= 0.3 is 0 Å². The van der Waals surface area contributed by atoms with E-state index in [1.165, 1.54) is 0 Å². The third kappa shape index (κ3) is 5.84. The van der Waals surface area contributed by atoms with Crippen LogP contribution in [0, 0.1) is 11.3 Å². The zero-order chi connectivity index (χ0) is 5.91. The van der Waals surface area contributed by atoms with Gasteiger partial charge in [0.05, 0.1) is 12.5 Å². The van der Waals surface area contributed by atoms with Crippen LogP contribution in [0.2, 0.25) is 0 Å². The average molecular weight is 114 g/mol.